The van der Waals surface area contributed by atoms with Gasteiger partial charge in [0, 0.05) is 5.02 Å². The second-order valence-electron chi connectivity index (χ2n) is 7.11. The molecular weight excluding hydrogens is 448 g/mol. The van der Waals surface area contributed by atoms with Crippen molar-refractivity contribution in [3.63, 3.8) is 0 Å². The molecule has 0 heterocycles. The molecule has 6 nitrogen and oxygen atoms in total. The fourth-order valence-electron chi connectivity index (χ4n) is 3.29. The van der Waals surface area contributed by atoms with Gasteiger partial charge in [0.1, 0.15) is 12.3 Å². The van der Waals surface area contributed by atoms with Crippen molar-refractivity contribution in [3.05, 3.63) is 89.4 Å². The maximum Gasteiger partial charge on any atom is 0.264 e. The number of hydrogen-bond donors (Lipinski definition) is 1. The zero-order chi connectivity index (χ0) is 23.1. The van der Waals surface area contributed by atoms with Gasteiger partial charge in [0.25, 0.3) is 10.0 Å². The van der Waals surface area contributed by atoms with Crippen molar-refractivity contribution in [3.8, 4) is 5.75 Å². The first-order valence-corrected chi connectivity index (χ1v) is 11.9. The van der Waals surface area contributed by atoms with E-state index >= 15 is 0 Å². The standard InChI is InChI=1S/C24H25ClN2O4S/c1-3-23(18-12-14-21(31-2)15-13-18)26-24(28)17-27(20-9-7-8-19(25)16-20)32(29,30)22-10-5-4-6-11-22/h4-16,23H,3,17H2,1-2H3,(H,26,28)/t23-/m0/s1. The summed E-state index contributed by atoms with van der Waals surface area (Å²) in [4.78, 5) is 13.1. The van der Waals surface area contributed by atoms with Gasteiger partial charge in [-0.25, -0.2) is 8.42 Å². The van der Waals surface area contributed by atoms with Gasteiger partial charge in [-0.15, -0.1) is 0 Å². The molecule has 168 valence electrons. The minimum atomic E-state index is -3.98. The normalized spacial score (nSPS) is 12.1. The van der Waals surface area contributed by atoms with Gasteiger partial charge in [0.15, 0.2) is 0 Å². The molecule has 0 unspecified atom stereocenters. The van der Waals surface area contributed by atoms with E-state index in [0.717, 1.165) is 15.6 Å². The Hall–Kier alpha value is -3.03. The first kappa shape index (κ1) is 23.6. The van der Waals surface area contributed by atoms with E-state index in [9.17, 15) is 13.2 Å². The van der Waals surface area contributed by atoms with E-state index in [4.69, 9.17) is 16.3 Å². The highest BCUT2D eigenvalue weighted by Gasteiger charge is 2.28. The van der Waals surface area contributed by atoms with Crippen LogP contribution in [0.5, 0.6) is 5.75 Å². The van der Waals surface area contributed by atoms with Crippen LogP contribution in [0.25, 0.3) is 0 Å². The second-order valence-corrected chi connectivity index (χ2v) is 9.40. The third-order valence-corrected chi connectivity index (χ3v) is 7.00. The van der Waals surface area contributed by atoms with Crippen LogP contribution < -0.4 is 14.4 Å². The maximum absolute atomic E-state index is 13.4. The van der Waals surface area contributed by atoms with Crippen LogP contribution in [0.15, 0.2) is 83.8 Å². The summed E-state index contributed by atoms with van der Waals surface area (Å²) in [6.07, 6.45) is 0.640. The summed E-state index contributed by atoms with van der Waals surface area (Å²) < 4.78 is 33.0. The fourth-order valence-corrected chi connectivity index (χ4v) is 4.91. The Kier molecular flexibility index (Phi) is 7.77. The molecule has 3 rings (SSSR count). The molecule has 0 bridgehead atoms. The van der Waals surface area contributed by atoms with E-state index in [1.165, 1.54) is 18.2 Å². The minimum Gasteiger partial charge on any atom is -0.497 e. The van der Waals surface area contributed by atoms with Crippen LogP contribution in [0, 0.1) is 0 Å². The number of nitrogens with one attached hydrogen (secondary N) is 1. The van der Waals surface area contributed by atoms with Crippen molar-refractivity contribution in [1.82, 2.24) is 5.32 Å². The lowest BCUT2D eigenvalue weighted by Crippen LogP contribution is -2.42. The van der Waals surface area contributed by atoms with E-state index in [1.807, 2.05) is 31.2 Å². The molecule has 1 N–H and O–H groups in total. The third-order valence-electron chi connectivity index (χ3n) is 4.98. The molecule has 1 amide bonds. The number of nitrogens with zero attached hydrogens (tertiary/aromatic N) is 1. The highest BCUT2D eigenvalue weighted by atomic mass is 35.5. The molecule has 0 aliphatic heterocycles. The van der Waals surface area contributed by atoms with E-state index in [1.54, 1.807) is 43.5 Å². The molecular formula is C24H25ClN2O4S. The number of amides is 1. The van der Waals surface area contributed by atoms with Crippen LogP contribution in [0.3, 0.4) is 0 Å². The second kappa shape index (κ2) is 10.5. The SMILES string of the molecule is CC[C@H](NC(=O)CN(c1cccc(Cl)c1)S(=O)(=O)c1ccccc1)c1ccc(OC)cc1. The lowest BCUT2D eigenvalue weighted by atomic mass is 10.0. The summed E-state index contributed by atoms with van der Waals surface area (Å²) in [7, 11) is -2.40. The molecule has 0 radical (unpaired) electrons. The Labute approximate surface area is 193 Å². The number of carbonyl (C=O) groups is 1. The number of rotatable bonds is 9. The quantitative estimate of drug-likeness (QED) is 0.484. The summed E-state index contributed by atoms with van der Waals surface area (Å²) in [6.45, 7) is 1.56. The molecule has 3 aromatic carbocycles. The molecule has 0 fully saturated rings. The highest BCUT2D eigenvalue weighted by molar-refractivity contribution is 7.92. The van der Waals surface area contributed by atoms with Crippen molar-refractivity contribution >= 4 is 33.2 Å². The smallest absolute Gasteiger partial charge is 0.264 e. The van der Waals surface area contributed by atoms with E-state index in [-0.39, 0.29) is 17.5 Å². The summed E-state index contributed by atoms with van der Waals surface area (Å²) in [5.74, 6) is 0.295. The first-order valence-electron chi connectivity index (χ1n) is 10.1. The summed E-state index contributed by atoms with van der Waals surface area (Å²) in [5.41, 5.74) is 1.22. The number of halogens is 1. The molecule has 0 aliphatic rings. The Morgan fingerprint density at radius 1 is 1.03 bits per heavy atom. The van der Waals surface area contributed by atoms with Crippen molar-refractivity contribution < 1.29 is 17.9 Å². The first-order chi connectivity index (χ1) is 15.3. The van der Waals surface area contributed by atoms with Gasteiger partial charge >= 0.3 is 0 Å². The number of carbonyl (C=O) groups excluding carboxylic acids is 1. The number of sulfonamides is 1. The highest BCUT2D eigenvalue weighted by Crippen LogP contribution is 2.26. The molecule has 0 aliphatic carbocycles. The van der Waals surface area contributed by atoms with Gasteiger partial charge in [-0.3, -0.25) is 9.10 Å². The number of methoxy groups -OCH3 is 1. The average molecular weight is 473 g/mol. The van der Waals surface area contributed by atoms with E-state index < -0.39 is 15.9 Å². The van der Waals surface area contributed by atoms with Gasteiger partial charge < -0.3 is 10.1 Å². The maximum atomic E-state index is 13.4. The average Bonchev–Trinajstić information content (AvgIpc) is 2.81. The number of benzene rings is 3. The summed E-state index contributed by atoms with van der Waals surface area (Å²) >= 11 is 6.10. The fraction of sp³-hybridized carbons (Fsp3) is 0.208. The Bertz CT molecular complexity index is 1150. The largest absolute Gasteiger partial charge is 0.497 e. The monoisotopic (exact) mass is 472 g/mol. The topological polar surface area (TPSA) is 75.7 Å². The van der Waals surface area contributed by atoms with Gasteiger partial charge in [-0.05, 0) is 54.4 Å². The predicted molar refractivity (Wildman–Crippen MR) is 127 cm³/mol. The van der Waals surface area contributed by atoms with Crippen LogP contribution in [-0.2, 0) is 14.8 Å². The van der Waals surface area contributed by atoms with Gasteiger partial charge in [0.2, 0.25) is 5.91 Å². The Balaban J connectivity index is 1.87. The van der Waals surface area contributed by atoms with Crippen molar-refractivity contribution in [2.45, 2.75) is 24.3 Å². The molecule has 3 aromatic rings. The third kappa shape index (κ3) is 5.60. The zero-order valence-electron chi connectivity index (χ0n) is 17.9. The lowest BCUT2D eigenvalue weighted by molar-refractivity contribution is -0.120. The lowest BCUT2D eigenvalue weighted by Gasteiger charge is -2.26. The predicted octanol–water partition coefficient (Wildman–Crippen LogP) is 4.81. The molecule has 1 atom stereocenters. The van der Waals surface area contributed by atoms with Crippen molar-refractivity contribution in [2.75, 3.05) is 18.0 Å². The van der Waals surface area contributed by atoms with Crippen LogP contribution >= 0.6 is 11.6 Å². The van der Waals surface area contributed by atoms with E-state index in [0.29, 0.717) is 17.1 Å². The van der Waals surface area contributed by atoms with Gasteiger partial charge in [-0.2, -0.15) is 0 Å². The van der Waals surface area contributed by atoms with Crippen molar-refractivity contribution in [1.29, 1.82) is 0 Å². The van der Waals surface area contributed by atoms with Crippen LogP contribution in [0.1, 0.15) is 24.9 Å². The van der Waals surface area contributed by atoms with E-state index in [2.05, 4.69) is 5.32 Å². The molecule has 32 heavy (non-hydrogen) atoms. The molecule has 0 aromatic heterocycles. The van der Waals surface area contributed by atoms with Crippen LogP contribution in [0.2, 0.25) is 5.02 Å². The zero-order valence-corrected chi connectivity index (χ0v) is 19.4. The Morgan fingerprint density at radius 3 is 2.31 bits per heavy atom. The Morgan fingerprint density at radius 2 is 1.72 bits per heavy atom. The van der Waals surface area contributed by atoms with Gasteiger partial charge in [0.05, 0.1) is 23.7 Å². The molecule has 8 heteroatoms. The van der Waals surface area contributed by atoms with Crippen LogP contribution in [-0.4, -0.2) is 28.0 Å². The number of hydrogen-bond acceptors (Lipinski definition) is 4. The van der Waals surface area contributed by atoms with Gasteiger partial charge in [-0.1, -0.05) is 54.9 Å². The van der Waals surface area contributed by atoms with Crippen molar-refractivity contribution in [2.24, 2.45) is 0 Å². The molecule has 0 saturated carbocycles. The minimum absolute atomic E-state index is 0.0926. The summed E-state index contributed by atoms with van der Waals surface area (Å²) in [5, 5.41) is 3.32. The molecule has 0 spiro atoms. The number of anilines is 1. The van der Waals surface area contributed by atoms with Crippen LogP contribution in [0.4, 0.5) is 5.69 Å². The number of ether oxygens (including phenoxy) is 1. The molecule has 0 saturated heterocycles. The summed E-state index contributed by atoms with van der Waals surface area (Å²) in [6, 6.07) is 21.6.